The van der Waals surface area contributed by atoms with E-state index in [4.69, 9.17) is 5.11 Å². The van der Waals surface area contributed by atoms with Crippen molar-refractivity contribution in [3.8, 4) is 0 Å². The van der Waals surface area contributed by atoms with Crippen molar-refractivity contribution in [3.63, 3.8) is 0 Å². The molecule has 0 aromatic heterocycles. The van der Waals surface area contributed by atoms with Crippen LogP contribution in [0, 0.1) is 5.92 Å². The van der Waals surface area contributed by atoms with Crippen LogP contribution in [0.2, 0.25) is 0 Å². The van der Waals surface area contributed by atoms with Gasteiger partial charge >= 0.3 is 5.97 Å². The van der Waals surface area contributed by atoms with Crippen LogP contribution in [0.3, 0.4) is 0 Å². The molecule has 0 aromatic rings. The largest absolute Gasteiger partial charge is 0.469 e. The number of methoxy groups -OCH3 is 1. The van der Waals surface area contributed by atoms with Gasteiger partial charge < -0.3 is 14.7 Å². The fraction of sp³-hybridized carbons (Fsp3) is 0.917. The molecule has 0 fully saturated rings. The van der Waals surface area contributed by atoms with Crippen molar-refractivity contribution < 1.29 is 14.6 Å². The van der Waals surface area contributed by atoms with Gasteiger partial charge in [-0.3, -0.25) is 4.79 Å². The fourth-order valence-electron chi connectivity index (χ4n) is 1.68. The number of carbonyl (C=O) groups excluding carboxylic acids is 1. The van der Waals surface area contributed by atoms with Crippen molar-refractivity contribution in [3.05, 3.63) is 0 Å². The van der Waals surface area contributed by atoms with Crippen LogP contribution >= 0.6 is 0 Å². The van der Waals surface area contributed by atoms with Gasteiger partial charge in [-0.15, -0.1) is 0 Å². The fourth-order valence-corrected chi connectivity index (χ4v) is 1.68. The third-order valence-electron chi connectivity index (χ3n) is 2.64. The Morgan fingerprint density at radius 3 is 2.50 bits per heavy atom. The summed E-state index contributed by atoms with van der Waals surface area (Å²) in [4.78, 5) is 13.3. The molecule has 0 aliphatic heterocycles. The number of aliphatic hydroxyl groups excluding tert-OH is 1. The standard InChI is InChI=1S/C12H25NO3/c1-11(12(15)16-3)10-13(2)8-6-4-5-7-9-14/h11,14H,4-10H2,1-3H3. The molecule has 96 valence electrons. The van der Waals surface area contributed by atoms with E-state index in [1.54, 1.807) is 0 Å². The van der Waals surface area contributed by atoms with Crippen molar-refractivity contribution >= 4 is 5.97 Å². The van der Waals surface area contributed by atoms with Crippen LogP contribution in [0.25, 0.3) is 0 Å². The van der Waals surface area contributed by atoms with E-state index in [2.05, 4.69) is 9.64 Å². The average molecular weight is 231 g/mol. The topological polar surface area (TPSA) is 49.8 Å². The Kier molecular flexibility index (Phi) is 9.24. The lowest BCUT2D eigenvalue weighted by molar-refractivity contribution is -0.145. The summed E-state index contributed by atoms with van der Waals surface area (Å²) in [5.41, 5.74) is 0. The second kappa shape index (κ2) is 9.60. The minimum Gasteiger partial charge on any atom is -0.469 e. The average Bonchev–Trinajstić information content (AvgIpc) is 2.27. The Morgan fingerprint density at radius 1 is 1.31 bits per heavy atom. The molecule has 0 heterocycles. The zero-order valence-electron chi connectivity index (χ0n) is 10.7. The van der Waals surface area contributed by atoms with E-state index in [1.165, 1.54) is 7.11 Å². The Labute approximate surface area is 98.6 Å². The van der Waals surface area contributed by atoms with Crippen LogP contribution in [0.1, 0.15) is 32.6 Å². The van der Waals surface area contributed by atoms with E-state index in [0.29, 0.717) is 0 Å². The molecule has 0 rings (SSSR count). The third kappa shape index (κ3) is 7.65. The molecule has 1 atom stereocenters. The lowest BCUT2D eigenvalue weighted by Crippen LogP contribution is -2.30. The molecule has 0 amide bonds. The maximum absolute atomic E-state index is 11.2. The summed E-state index contributed by atoms with van der Waals surface area (Å²) in [6, 6.07) is 0. The van der Waals surface area contributed by atoms with E-state index in [0.717, 1.165) is 38.8 Å². The van der Waals surface area contributed by atoms with E-state index in [1.807, 2.05) is 14.0 Å². The normalized spacial score (nSPS) is 12.8. The Balaban J connectivity index is 3.50. The SMILES string of the molecule is COC(=O)C(C)CN(C)CCCCCCO. The molecule has 0 aromatic carbocycles. The maximum atomic E-state index is 11.2. The van der Waals surface area contributed by atoms with Crippen LogP contribution in [-0.4, -0.2) is 49.8 Å². The number of rotatable bonds is 9. The summed E-state index contributed by atoms with van der Waals surface area (Å²) in [5.74, 6) is -0.209. The molecular weight excluding hydrogens is 206 g/mol. The smallest absolute Gasteiger partial charge is 0.309 e. The molecule has 0 saturated heterocycles. The van der Waals surface area contributed by atoms with Gasteiger partial charge in [0.2, 0.25) is 0 Å². The van der Waals surface area contributed by atoms with Crippen molar-refractivity contribution in [1.82, 2.24) is 4.90 Å². The molecule has 1 N–H and O–H groups in total. The number of carbonyl (C=O) groups is 1. The van der Waals surface area contributed by atoms with Crippen LogP contribution in [0.4, 0.5) is 0 Å². The molecule has 4 heteroatoms. The van der Waals surface area contributed by atoms with Gasteiger partial charge in [-0.25, -0.2) is 0 Å². The molecular formula is C12H25NO3. The van der Waals surface area contributed by atoms with Gasteiger partial charge in [0.1, 0.15) is 0 Å². The molecule has 0 spiro atoms. The van der Waals surface area contributed by atoms with Gasteiger partial charge in [0.25, 0.3) is 0 Å². The first kappa shape index (κ1) is 15.4. The van der Waals surface area contributed by atoms with Gasteiger partial charge in [0.05, 0.1) is 13.0 Å². The van der Waals surface area contributed by atoms with Crippen molar-refractivity contribution in [1.29, 1.82) is 0 Å². The zero-order chi connectivity index (χ0) is 12.4. The highest BCUT2D eigenvalue weighted by atomic mass is 16.5. The monoisotopic (exact) mass is 231 g/mol. The summed E-state index contributed by atoms with van der Waals surface area (Å²) >= 11 is 0. The van der Waals surface area contributed by atoms with Crippen molar-refractivity contribution in [2.24, 2.45) is 5.92 Å². The van der Waals surface area contributed by atoms with Crippen LogP contribution in [0.5, 0.6) is 0 Å². The van der Waals surface area contributed by atoms with Crippen LogP contribution < -0.4 is 0 Å². The van der Waals surface area contributed by atoms with Crippen molar-refractivity contribution in [2.45, 2.75) is 32.6 Å². The number of esters is 1. The predicted octanol–water partition coefficient (Wildman–Crippen LogP) is 1.28. The first-order valence-corrected chi connectivity index (χ1v) is 5.99. The Morgan fingerprint density at radius 2 is 1.94 bits per heavy atom. The van der Waals surface area contributed by atoms with Gasteiger partial charge in [-0.05, 0) is 26.4 Å². The Bertz CT molecular complexity index is 185. The van der Waals surface area contributed by atoms with Gasteiger partial charge in [0.15, 0.2) is 0 Å². The van der Waals surface area contributed by atoms with E-state index < -0.39 is 0 Å². The first-order valence-electron chi connectivity index (χ1n) is 5.99. The molecule has 16 heavy (non-hydrogen) atoms. The summed E-state index contributed by atoms with van der Waals surface area (Å²) < 4.78 is 4.68. The zero-order valence-corrected chi connectivity index (χ0v) is 10.7. The minimum atomic E-state index is -0.146. The van der Waals surface area contributed by atoms with E-state index in [-0.39, 0.29) is 18.5 Å². The third-order valence-corrected chi connectivity index (χ3v) is 2.64. The molecule has 0 bridgehead atoms. The van der Waals surface area contributed by atoms with Crippen LogP contribution in [-0.2, 0) is 9.53 Å². The summed E-state index contributed by atoms with van der Waals surface area (Å²) in [6.45, 7) is 3.91. The first-order chi connectivity index (χ1) is 7.61. The van der Waals surface area contributed by atoms with Crippen molar-refractivity contribution in [2.75, 3.05) is 33.9 Å². The van der Waals surface area contributed by atoms with Gasteiger partial charge in [0, 0.05) is 13.2 Å². The highest BCUT2D eigenvalue weighted by molar-refractivity contribution is 5.71. The summed E-state index contributed by atoms with van der Waals surface area (Å²) in [6.07, 6.45) is 4.22. The number of ether oxygens (including phenoxy) is 1. The lowest BCUT2D eigenvalue weighted by atomic mass is 10.1. The Hall–Kier alpha value is -0.610. The quantitative estimate of drug-likeness (QED) is 0.480. The summed E-state index contributed by atoms with van der Waals surface area (Å²) in [5, 5.41) is 8.62. The molecule has 0 saturated carbocycles. The number of hydrogen-bond acceptors (Lipinski definition) is 4. The molecule has 4 nitrogen and oxygen atoms in total. The maximum Gasteiger partial charge on any atom is 0.309 e. The number of nitrogens with zero attached hydrogens (tertiary/aromatic N) is 1. The molecule has 1 unspecified atom stereocenters. The number of aliphatic hydroxyl groups is 1. The minimum absolute atomic E-state index is 0.0626. The van der Waals surface area contributed by atoms with Gasteiger partial charge in [-0.2, -0.15) is 0 Å². The molecule has 0 aliphatic rings. The number of hydrogen-bond donors (Lipinski definition) is 1. The molecule has 0 aliphatic carbocycles. The van der Waals surface area contributed by atoms with E-state index >= 15 is 0 Å². The molecule has 0 radical (unpaired) electrons. The van der Waals surface area contributed by atoms with Crippen LogP contribution in [0.15, 0.2) is 0 Å². The lowest BCUT2D eigenvalue weighted by Gasteiger charge is -2.19. The predicted molar refractivity (Wildman–Crippen MR) is 64.2 cm³/mol. The van der Waals surface area contributed by atoms with E-state index in [9.17, 15) is 4.79 Å². The highest BCUT2D eigenvalue weighted by Gasteiger charge is 2.14. The second-order valence-corrected chi connectivity index (χ2v) is 4.32. The second-order valence-electron chi connectivity index (χ2n) is 4.32. The van der Waals surface area contributed by atoms with Gasteiger partial charge in [-0.1, -0.05) is 19.8 Å². The summed E-state index contributed by atoms with van der Waals surface area (Å²) in [7, 11) is 3.44. The number of unbranched alkanes of at least 4 members (excludes halogenated alkanes) is 3. The highest BCUT2D eigenvalue weighted by Crippen LogP contribution is 2.04.